The van der Waals surface area contributed by atoms with Crippen LogP contribution >= 0.6 is 48.0 Å². The molecule has 0 unspecified atom stereocenters. The number of rotatable bonds is 5. The molecule has 2 atom stereocenters. The van der Waals surface area contributed by atoms with E-state index in [1.54, 1.807) is 18.2 Å². The fraction of sp³-hybridized carbons (Fsp3) is 0.556. The maximum atomic E-state index is 12.7. The molecule has 2 heterocycles. The SMILES string of the molecule is Cl.Cl.NCC(=O)N[C@H]1CN[C@H](C(=O)N2CCC(Oc3cc(Cl)cc(Cl)c3)CC2)C1. The van der Waals surface area contributed by atoms with Crippen molar-refractivity contribution in [3.63, 3.8) is 0 Å². The molecule has 0 spiro atoms. The van der Waals surface area contributed by atoms with Gasteiger partial charge in [-0.15, -0.1) is 24.8 Å². The highest BCUT2D eigenvalue weighted by Crippen LogP contribution is 2.27. The third-order valence-electron chi connectivity index (χ3n) is 4.87. The lowest BCUT2D eigenvalue weighted by Crippen LogP contribution is -2.48. The van der Waals surface area contributed by atoms with Crippen molar-refractivity contribution >= 4 is 59.8 Å². The molecule has 3 rings (SSSR count). The molecule has 2 saturated heterocycles. The van der Waals surface area contributed by atoms with Crippen LogP contribution in [0.2, 0.25) is 10.0 Å². The number of nitrogens with zero attached hydrogens (tertiary/aromatic N) is 1. The Morgan fingerprint density at radius 1 is 1.17 bits per heavy atom. The summed E-state index contributed by atoms with van der Waals surface area (Å²) >= 11 is 12.0. The van der Waals surface area contributed by atoms with Gasteiger partial charge in [-0.25, -0.2) is 0 Å². The molecular weight excluding hydrogens is 462 g/mol. The summed E-state index contributed by atoms with van der Waals surface area (Å²) in [5, 5.41) is 7.08. The van der Waals surface area contributed by atoms with Gasteiger partial charge >= 0.3 is 0 Å². The van der Waals surface area contributed by atoms with E-state index >= 15 is 0 Å². The number of hydrogen-bond donors (Lipinski definition) is 3. The lowest BCUT2D eigenvalue weighted by atomic mass is 10.1. The van der Waals surface area contributed by atoms with Crippen LogP contribution in [0.3, 0.4) is 0 Å². The van der Waals surface area contributed by atoms with Crippen molar-refractivity contribution in [2.75, 3.05) is 26.2 Å². The minimum absolute atomic E-state index is 0. The van der Waals surface area contributed by atoms with Gasteiger partial charge in [0.2, 0.25) is 11.8 Å². The number of nitrogens with two attached hydrogens (primary N) is 1. The van der Waals surface area contributed by atoms with Gasteiger partial charge in [-0.3, -0.25) is 9.59 Å². The molecule has 2 aliphatic rings. The number of piperidine rings is 1. The fourth-order valence-corrected chi connectivity index (χ4v) is 4.03. The number of halogens is 4. The molecule has 7 nitrogen and oxygen atoms in total. The predicted octanol–water partition coefficient (Wildman–Crippen LogP) is 2.01. The molecular formula is C18H26Cl4N4O3. The first kappa shape index (κ1) is 26.1. The molecule has 0 radical (unpaired) electrons. The Morgan fingerprint density at radius 2 is 1.79 bits per heavy atom. The van der Waals surface area contributed by atoms with E-state index in [2.05, 4.69) is 10.6 Å². The van der Waals surface area contributed by atoms with E-state index in [0.29, 0.717) is 41.8 Å². The lowest BCUT2D eigenvalue weighted by molar-refractivity contribution is -0.135. The highest BCUT2D eigenvalue weighted by atomic mass is 35.5. The van der Waals surface area contributed by atoms with E-state index in [4.69, 9.17) is 33.7 Å². The second-order valence-corrected chi connectivity index (χ2v) is 7.79. The summed E-state index contributed by atoms with van der Waals surface area (Å²) in [6.07, 6.45) is 2.10. The first-order valence-corrected chi connectivity index (χ1v) is 9.84. The Kier molecular flexibility index (Phi) is 10.8. The molecule has 1 aromatic carbocycles. The Labute approximate surface area is 192 Å². The molecule has 1 aromatic rings. The minimum atomic E-state index is -0.266. The van der Waals surface area contributed by atoms with Crippen LogP contribution in [0.25, 0.3) is 0 Å². The van der Waals surface area contributed by atoms with E-state index < -0.39 is 0 Å². The summed E-state index contributed by atoms with van der Waals surface area (Å²) in [7, 11) is 0. The minimum Gasteiger partial charge on any atom is -0.490 e. The van der Waals surface area contributed by atoms with Crippen molar-refractivity contribution in [2.45, 2.75) is 37.5 Å². The van der Waals surface area contributed by atoms with Crippen molar-refractivity contribution < 1.29 is 14.3 Å². The summed E-state index contributed by atoms with van der Waals surface area (Å²) in [5.74, 6) is 0.519. The largest absolute Gasteiger partial charge is 0.490 e. The number of carbonyl (C=O) groups excluding carboxylic acids is 2. The number of carbonyl (C=O) groups is 2. The molecule has 2 fully saturated rings. The number of likely N-dealkylation sites (tertiary alicyclic amines) is 1. The number of amides is 2. The van der Waals surface area contributed by atoms with Crippen molar-refractivity contribution in [3.8, 4) is 5.75 Å². The van der Waals surface area contributed by atoms with Crippen molar-refractivity contribution in [3.05, 3.63) is 28.2 Å². The monoisotopic (exact) mass is 486 g/mol. The van der Waals surface area contributed by atoms with Gasteiger partial charge in [-0.2, -0.15) is 0 Å². The highest BCUT2D eigenvalue weighted by Gasteiger charge is 2.34. The Bertz CT molecular complexity index is 681. The van der Waals surface area contributed by atoms with E-state index in [1.807, 2.05) is 4.90 Å². The van der Waals surface area contributed by atoms with Crippen LogP contribution in [0, 0.1) is 0 Å². The average molecular weight is 488 g/mol. The van der Waals surface area contributed by atoms with E-state index in [1.165, 1.54) is 0 Å². The van der Waals surface area contributed by atoms with Gasteiger partial charge < -0.3 is 26.0 Å². The summed E-state index contributed by atoms with van der Waals surface area (Å²) < 4.78 is 5.96. The van der Waals surface area contributed by atoms with Crippen LogP contribution < -0.4 is 21.1 Å². The maximum Gasteiger partial charge on any atom is 0.239 e. The zero-order chi connectivity index (χ0) is 19.4. The lowest BCUT2D eigenvalue weighted by Gasteiger charge is -2.33. The van der Waals surface area contributed by atoms with E-state index in [9.17, 15) is 9.59 Å². The number of hydrogen-bond acceptors (Lipinski definition) is 5. The smallest absolute Gasteiger partial charge is 0.239 e. The molecule has 0 aromatic heterocycles. The van der Waals surface area contributed by atoms with Crippen LogP contribution in [0.4, 0.5) is 0 Å². The normalized spacial score (nSPS) is 21.7. The van der Waals surface area contributed by atoms with Gasteiger partial charge in [-0.05, 0) is 24.6 Å². The quantitative estimate of drug-likeness (QED) is 0.590. The third-order valence-corrected chi connectivity index (χ3v) is 5.31. The molecule has 2 amide bonds. The van der Waals surface area contributed by atoms with Gasteiger partial charge in [0.15, 0.2) is 0 Å². The topological polar surface area (TPSA) is 96.7 Å². The molecule has 29 heavy (non-hydrogen) atoms. The van der Waals surface area contributed by atoms with Gasteiger partial charge in [0, 0.05) is 48.6 Å². The second-order valence-electron chi connectivity index (χ2n) is 6.91. The number of nitrogens with one attached hydrogen (secondary N) is 2. The predicted molar refractivity (Wildman–Crippen MR) is 119 cm³/mol. The standard InChI is InChI=1S/C18H24Cl2N4O3.2ClH/c19-11-5-12(20)7-15(6-11)27-14-1-3-24(4-2-14)18(26)16-8-13(10-22-16)23-17(25)9-21;;/h5-7,13-14,16,22H,1-4,8-10,21H2,(H,23,25);2*1H/t13-,16+;;/m1../s1. The summed E-state index contributed by atoms with van der Waals surface area (Å²) in [6.45, 7) is 1.81. The van der Waals surface area contributed by atoms with Crippen molar-refractivity contribution in [2.24, 2.45) is 5.73 Å². The zero-order valence-corrected chi connectivity index (χ0v) is 18.9. The first-order chi connectivity index (χ1) is 12.9. The number of benzene rings is 1. The van der Waals surface area contributed by atoms with E-state index in [0.717, 1.165) is 12.8 Å². The van der Waals surface area contributed by atoms with Crippen LogP contribution in [0.1, 0.15) is 19.3 Å². The molecule has 4 N–H and O–H groups in total. The van der Waals surface area contributed by atoms with Crippen molar-refractivity contribution in [1.29, 1.82) is 0 Å². The zero-order valence-electron chi connectivity index (χ0n) is 15.7. The Hall–Kier alpha value is -0.960. The summed E-state index contributed by atoms with van der Waals surface area (Å²) in [4.78, 5) is 25.9. The van der Waals surface area contributed by atoms with Gasteiger partial charge in [-0.1, -0.05) is 23.2 Å². The molecule has 164 valence electrons. The number of ether oxygens (including phenoxy) is 1. The van der Waals surface area contributed by atoms with Crippen molar-refractivity contribution in [1.82, 2.24) is 15.5 Å². The fourth-order valence-electron chi connectivity index (χ4n) is 3.52. The van der Waals surface area contributed by atoms with Gasteiger partial charge in [0.25, 0.3) is 0 Å². The molecule has 0 aliphatic carbocycles. The van der Waals surface area contributed by atoms with Crippen LogP contribution in [0.5, 0.6) is 5.75 Å². The van der Waals surface area contributed by atoms with Crippen LogP contribution in [-0.4, -0.2) is 61.1 Å². The third kappa shape index (κ3) is 7.35. The maximum absolute atomic E-state index is 12.7. The van der Waals surface area contributed by atoms with Gasteiger partial charge in [0.05, 0.1) is 12.6 Å². The summed E-state index contributed by atoms with van der Waals surface area (Å²) in [5.41, 5.74) is 5.31. The second kappa shape index (κ2) is 12.0. The van der Waals surface area contributed by atoms with Crippen LogP contribution in [-0.2, 0) is 9.59 Å². The molecule has 0 bridgehead atoms. The highest BCUT2D eigenvalue weighted by molar-refractivity contribution is 6.34. The average Bonchev–Trinajstić information content (AvgIpc) is 3.09. The molecule has 2 aliphatic heterocycles. The Morgan fingerprint density at radius 3 is 2.38 bits per heavy atom. The molecule has 0 saturated carbocycles. The van der Waals surface area contributed by atoms with Gasteiger partial charge in [0.1, 0.15) is 11.9 Å². The summed E-state index contributed by atoms with van der Waals surface area (Å²) in [6, 6.07) is 4.82. The first-order valence-electron chi connectivity index (χ1n) is 9.09. The molecule has 11 heteroatoms. The Balaban J connectivity index is 0.00000210. The van der Waals surface area contributed by atoms with E-state index in [-0.39, 0.29) is 61.4 Å². The van der Waals surface area contributed by atoms with Crippen LogP contribution in [0.15, 0.2) is 18.2 Å².